The fourth-order valence-corrected chi connectivity index (χ4v) is 3.75. The molecule has 1 saturated heterocycles. The second kappa shape index (κ2) is 6.66. The first-order valence-corrected chi connectivity index (χ1v) is 8.73. The Bertz CT molecular complexity index is 858. The van der Waals surface area contributed by atoms with Gasteiger partial charge in [0.15, 0.2) is 16.7 Å². The van der Waals surface area contributed by atoms with Crippen molar-refractivity contribution in [1.29, 1.82) is 0 Å². The number of aromatic nitrogens is 1. The second-order valence-electron chi connectivity index (χ2n) is 5.07. The van der Waals surface area contributed by atoms with Crippen molar-refractivity contribution in [3.63, 3.8) is 0 Å². The predicted octanol–water partition coefficient (Wildman–Crippen LogP) is 3.40. The molecule has 6 nitrogen and oxygen atoms in total. The molecule has 2 heterocycles. The lowest BCUT2D eigenvalue weighted by Gasteiger charge is -2.06. The van der Waals surface area contributed by atoms with Crippen LogP contribution in [0.2, 0.25) is 0 Å². The van der Waals surface area contributed by atoms with Crippen molar-refractivity contribution in [3.8, 4) is 11.5 Å². The van der Waals surface area contributed by atoms with Crippen molar-refractivity contribution in [3.05, 3.63) is 39.7 Å². The van der Waals surface area contributed by atoms with Gasteiger partial charge in [0.2, 0.25) is 5.13 Å². The molecule has 1 aliphatic heterocycles. The van der Waals surface area contributed by atoms with E-state index in [0.29, 0.717) is 21.0 Å². The first kappa shape index (κ1) is 16.5. The summed E-state index contributed by atoms with van der Waals surface area (Å²) >= 11 is 2.73. The Morgan fingerprint density at radius 1 is 1.42 bits per heavy atom. The molecule has 0 atom stereocenters. The van der Waals surface area contributed by atoms with E-state index in [1.54, 1.807) is 25.3 Å². The summed E-state index contributed by atoms with van der Waals surface area (Å²) in [6.45, 7) is 1.90. The summed E-state index contributed by atoms with van der Waals surface area (Å²) in [7, 11) is 3.17. The Morgan fingerprint density at radius 2 is 2.21 bits per heavy atom. The highest BCUT2D eigenvalue weighted by molar-refractivity contribution is 8.18. The molecular weight excluding hydrogens is 346 g/mol. The lowest BCUT2D eigenvalue weighted by atomic mass is 10.2. The number of aliphatic imine (C=N–C) groups is 1. The highest BCUT2D eigenvalue weighted by atomic mass is 32.2. The number of hydrogen-bond acceptors (Lipinski definition) is 7. The van der Waals surface area contributed by atoms with Crippen molar-refractivity contribution < 1.29 is 14.6 Å². The Hall–Kier alpha value is -2.32. The van der Waals surface area contributed by atoms with E-state index in [2.05, 4.69) is 9.98 Å². The quantitative estimate of drug-likeness (QED) is 0.848. The van der Waals surface area contributed by atoms with E-state index in [-0.39, 0.29) is 11.7 Å². The molecule has 24 heavy (non-hydrogen) atoms. The van der Waals surface area contributed by atoms with Crippen LogP contribution in [0.15, 0.2) is 33.5 Å². The third-order valence-electron chi connectivity index (χ3n) is 3.30. The number of rotatable bonds is 3. The van der Waals surface area contributed by atoms with E-state index in [1.165, 1.54) is 41.2 Å². The zero-order chi connectivity index (χ0) is 17.3. The number of carbonyl (C=O) groups is 1. The molecule has 1 fully saturated rings. The third kappa shape index (κ3) is 3.29. The SMILES string of the molecule is COc1cc(/C=C2\S/C(=N/c3nc(C)cs3)N(C)C2=O)ccc1O. The van der Waals surface area contributed by atoms with E-state index in [1.807, 2.05) is 12.3 Å². The number of phenols is 1. The largest absolute Gasteiger partial charge is 0.504 e. The number of aromatic hydroxyl groups is 1. The van der Waals surface area contributed by atoms with E-state index < -0.39 is 0 Å². The van der Waals surface area contributed by atoms with Gasteiger partial charge in [-0.2, -0.15) is 4.99 Å². The van der Waals surface area contributed by atoms with E-state index in [4.69, 9.17) is 4.74 Å². The Kier molecular flexibility index (Phi) is 4.59. The number of ether oxygens (including phenoxy) is 1. The predicted molar refractivity (Wildman–Crippen MR) is 96.9 cm³/mol. The van der Waals surface area contributed by atoms with Crippen LogP contribution in [0.25, 0.3) is 6.08 Å². The van der Waals surface area contributed by atoms with Gasteiger partial charge in [-0.1, -0.05) is 6.07 Å². The number of likely N-dealkylation sites (N-methyl/N-ethyl adjacent to an activating group) is 1. The van der Waals surface area contributed by atoms with E-state index in [9.17, 15) is 9.90 Å². The maximum atomic E-state index is 12.4. The number of thiazole rings is 1. The van der Waals surface area contributed by atoms with Gasteiger partial charge in [-0.25, -0.2) is 4.98 Å². The highest BCUT2D eigenvalue weighted by Crippen LogP contribution is 2.35. The number of thioether (sulfide) groups is 1. The molecule has 1 aromatic carbocycles. The summed E-state index contributed by atoms with van der Waals surface area (Å²) in [5.41, 5.74) is 1.67. The molecule has 0 saturated carbocycles. The van der Waals surface area contributed by atoms with Gasteiger partial charge in [0, 0.05) is 12.4 Å². The van der Waals surface area contributed by atoms with Crippen LogP contribution in [0, 0.1) is 6.92 Å². The number of phenolic OH excluding ortho intramolecular Hbond substituents is 1. The van der Waals surface area contributed by atoms with Crippen molar-refractivity contribution in [2.24, 2.45) is 4.99 Å². The normalized spacial score (nSPS) is 18.0. The Morgan fingerprint density at radius 3 is 2.88 bits per heavy atom. The van der Waals surface area contributed by atoms with Gasteiger partial charge >= 0.3 is 0 Å². The van der Waals surface area contributed by atoms with Crippen molar-refractivity contribution >= 4 is 45.4 Å². The number of aryl methyl sites for hydroxylation is 1. The minimum Gasteiger partial charge on any atom is -0.504 e. The van der Waals surface area contributed by atoms with E-state index in [0.717, 1.165) is 11.3 Å². The number of nitrogens with zero attached hydrogens (tertiary/aromatic N) is 3. The molecule has 3 rings (SSSR count). The monoisotopic (exact) mass is 361 g/mol. The average Bonchev–Trinajstić information content (AvgIpc) is 3.08. The zero-order valence-electron chi connectivity index (χ0n) is 13.3. The van der Waals surface area contributed by atoms with Gasteiger partial charge in [-0.05, 0) is 42.5 Å². The summed E-state index contributed by atoms with van der Waals surface area (Å²) in [6.07, 6.45) is 1.75. The molecule has 8 heteroatoms. The van der Waals surface area contributed by atoms with Gasteiger partial charge in [0.25, 0.3) is 5.91 Å². The topological polar surface area (TPSA) is 75.0 Å². The molecule has 0 bridgehead atoms. The summed E-state index contributed by atoms with van der Waals surface area (Å²) < 4.78 is 5.09. The fourth-order valence-electron chi connectivity index (χ4n) is 2.06. The van der Waals surface area contributed by atoms with Crippen molar-refractivity contribution in [2.75, 3.05) is 14.2 Å². The maximum absolute atomic E-state index is 12.4. The lowest BCUT2D eigenvalue weighted by Crippen LogP contribution is -2.23. The molecule has 2 aromatic rings. The number of hydrogen-bond donors (Lipinski definition) is 1. The minimum absolute atomic E-state index is 0.0589. The molecule has 1 N–H and O–H groups in total. The minimum atomic E-state index is -0.126. The van der Waals surface area contributed by atoms with Gasteiger partial charge in [-0.3, -0.25) is 9.69 Å². The molecule has 0 unspecified atom stereocenters. The fraction of sp³-hybridized carbons (Fsp3) is 0.188. The van der Waals surface area contributed by atoms with Crippen LogP contribution in [0.1, 0.15) is 11.3 Å². The van der Waals surface area contributed by atoms with Gasteiger partial charge in [-0.15, -0.1) is 11.3 Å². The van der Waals surface area contributed by atoms with Crippen LogP contribution in [-0.2, 0) is 4.79 Å². The molecule has 1 aliphatic rings. The number of amidine groups is 1. The maximum Gasteiger partial charge on any atom is 0.266 e. The summed E-state index contributed by atoms with van der Waals surface area (Å²) in [6, 6.07) is 4.93. The lowest BCUT2D eigenvalue weighted by molar-refractivity contribution is -0.121. The first-order chi connectivity index (χ1) is 11.5. The summed E-state index contributed by atoms with van der Waals surface area (Å²) in [5.74, 6) is 0.294. The van der Waals surface area contributed by atoms with Crippen LogP contribution in [-0.4, -0.2) is 40.2 Å². The average molecular weight is 361 g/mol. The molecular formula is C16H15N3O3S2. The smallest absolute Gasteiger partial charge is 0.266 e. The standard InChI is InChI=1S/C16H15N3O3S2/c1-9-8-23-15(17-9)18-16-19(2)14(21)13(24-16)7-10-4-5-11(20)12(6-10)22-3/h4-8,20H,1-3H3/b13-7-,18-16+. The van der Waals surface area contributed by atoms with Gasteiger partial charge in [0.1, 0.15) is 0 Å². The van der Waals surface area contributed by atoms with Crippen LogP contribution in [0.4, 0.5) is 5.13 Å². The van der Waals surface area contributed by atoms with Gasteiger partial charge < -0.3 is 9.84 Å². The zero-order valence-corrected chi connectivity index (χ0v) is 14.9. The first-order valence-electron chi connectivity index (χ1n) is 7.03. The van der Waals surface area contributed by atoms with Crippen LogP contribution >= 0.6 is 23.1 Å². The molecule has 1 aromatic heterocycles. The summed E-state index contributed by atoms with van der Waals surface area (Å²) in [5, 5.41) is 12.8. The Labute approximate surface area is 147 Å². The number of amides is 1. The van der Waals surface area contributed by atoms with Crippen LogP contribution in [0.3, 0.4) is 0 Å². The van der Waals surface area contributed by atoms with Crippen LogP contribution < -0.4 is 4.74 Å². The van der Waals surface area contributed by atoms with Crippen molar-refractivity contribution in [1.82, 2.24) is 9.88 Å². The Balaban J connectivity index is 1.90. The van der Waals surface area contributed by atoms with Crippen molar-refractivity contribution in [2.45, 2.75) is 6.92 Å². The summed E-state index contributed by atoms with van der Waals surface area (Å²) in [4.78, 5) is 23.2. The highest BCUT2D eigenvalue weighted by Gasteiger charge is 2.30. The number of carbonyl (C=O) groups excluding carboxylic acids is 1. The second-order valence-corrected chi connectivity index (χ2v) is 6.92. The van der Waals surface area contributed by atoms with Gasteiger partial charge in [0.05, 0.1) is 17.7 Å². The number of methoxy groups -OCH3 is 1. The molecule has 1 amide bonds. The van der Waals surface area contributed by atoms with Crippen LogP contribution in [0.5, 0.6) is 11.5 Å². The molecule has 0 spiro atoms. The number of benzene rings is 1. The molecule has 0 aliphatic carbocycles. The molecule has 124 valence electrons. The third-order valence-corrected chi connectivity index (χ3v) is 5.22. The molecule has 0 radical (unpaired) electrons. The van der Waals surface area contributed by atoms with E-state index >= 15 is 0 Å².